The second-order valence-corrected chi connectivity index (χ2v) is 11.7. The van der Waals surface area contributed by atoms with E-state index in [1.54, 1.807) is 31.2 Å². The molecule has 0 aromatic heterocycles. The SMILES string of the molecule is CC[C@@H](C)NC(=O)[C@@H](C)N(Cc1ccc(C)cc1)C(=O)CN(c1ccc(C)cc1)S(=O)(=O)c1ccc(F)cc1. The standard InChI is InChI=1S/C30H36FN3O4S/c1-6-23(4)32-30(36)24(5)33(19-25-11-7-21(2)8-12-25)29(35)20-34(27-15-9-22(3)10-16-27)39(37,38)28-17-13-26(31)14-18-28/h7-18,23-24H,6,19-20H2,1-5H3,(H,32,36)/t23-,24-/m1/s1. The van der Waals surface area contributed by atoms with Gasteiger partial charge in [0.2, 0.25) is 11.8 Å². The molecule has 0 aliphatic rings. The smallest absolute Gasteiger partial charge is 0.264 e. The zero-order valence-corrected chi connectivity index (χ0v) is 23.8. The highest BCUT2D eigenvalue weighted by atomic mass is 32.2. The lowest BCUT2D eigenvalue weighted by molar-refractivity contribution is -0.139. The number of nitrogens with one attached hydrogen (secondary N) is 1. The van der Waals surface area contributed by atoms with Gasteiger partial charge in [0, 0.05) is 12.6 Å². The number of amides is 2. The summed E-state index contributed by atoms with van der Waals surface area (Å²) in [4.78, 5) is 28.2. The monoisotopic (exact) mass is 553 g/mol. The number of anilines is 1. The van der Waals surface area contributed by atoms with E-state index in [0.717, 1.165) is 39.5 Å². The minimum absolute atomic E-state index is 0.0841. The highest BCUT2D eigenvalue weighted by Gasteiger charge is 2.32. The minimum atomic E-state index is -4.24. The highest BCUT2D eigenvalue weighted by molar-refractivity contribution is 7.92. The zero-order chi connectivity index (χ0) is 28.7. The normalized spacial score (nSPS) is 12.9. The van der Waals surface area contributed by atoms with Crippen LogP contribution in [-0.2, 0) is 26.2 Å². The van der Waals surface area contributed by atoms with Crippen LogP contribution in [0.5, 0.6) is 0 Å². The van der Waals surface area contributed by atoms with Gasteiger partial charge in [0.25, 0.3) is 10.0 Å². The van der Waals surface area contributed by atoms with Gasteiger partial charge < -0.3 is 10.2 Å². The maximum atomic E-state index is 13.9. The molecule has 0 bridgehead atoms. The molecular weight excluding hydrogens is 517 g/mol. The van der Waals surface area contributed by atoms with E-state index < -0.39 is 34.3 Å². The summed E-state index contributed by atoms with van der Waals surface area (Å²) < 4.78 is 42.0. The molecule has 3 aromatic rings. The highest BCUT2D eigenvalue weighted by Crippen LogP contribution is 2.25. The summed E-state index contributed by atoms with van der Waals surface area (Å²) in [5, 5.41) is 2.91. The number of hydrogen-bond donors (Lipinski definition) is 1. The van der Waals surface area contributed by atoms with E-state index >= 15 is 0 Å². The number of aryl methyl sites for hydroxylation is 2. The lowest BCUT2D eigenvalue weighted by atomic mass is 10.1. The van der Waals surface area contributed by atoms with Gasteiger partial charge in [-0.05, 0) is 76.1 Å². The van der Waals surface area contributed by atoms with Crippen molar-refractivity contribution in [2.45, 2.75) is 64.6 Å². The predicted octanol–water partition coefficient (Wildman–Crippen LogP) is 4.97. The second-order valence-electron chi connectivity index (χ2n) is 9.80. The Morgan fingerprint density at radius 2 is 1.41 bits per heavy atom. The molecule has 0 aliphatic heterocycles. The third-order valence-electron chi connectivity index (χ3n) is 6.64. The van der Waals surface area contributed by atoms with Crippen LogP contribution in [0.3, 0.4) is 0 Å². The summed E-state index contributed by atoms with van der Waals surface area (Å²) >= 11 is 0. The maximum Gasteiger partial charge on any atom is 0.264 e. The fourth-order valence-electron chi connectivity index (χ4n) is 3.91. The second kappa shape index (κ2) is 12.9. The zero-order valence-electron chi connectivity index (χ0n) is 23.0. The molecule has 0 spiro atoms. The van der Waals surface area contributed by atoms with Gasteiger partial charge >= 0.3 is 0 Å². The Morgan fingerprint density at radius 1 is 0.872 bits per heavy atom. The Morgan fingerprint density at radius 3 is 1.95 bits per heavy atom. The topological polar surface area (TPSA) is 86.8 Å². The molecule has 0 unspecified atom stereocenters. The molecule has 0 radical (unpaired) electrons. The van der Waals surface area contributed by atoms with E-state index in [-0.39, 0.29) is 29.1 Å². The first-order valence-electron chi connectivity index (χ1n) is 12.9. The van der Waals surface area contributed by atoms with Crippen LogP contribution in [0.1, 0.15) is 43.9 Å². The first-order chi connectivity index (χ1) is 18.4. The van der Waals surface area contributed by atoms with Crippen molar-refractivity contribution >= 4 is 27.5 Å². The fourth-order valence-corrected chi connectivity index (χ4v) is 5.33. The quantitative estimate of drug-likeness (QED) is 0.363. The largest absolute Gasteiger partial charge is 0.352 e. The van der Waals surface area contributed by atoms with Gasteiger partial charge in [-0.15, -0.1) is 0 Å². The molecule has 0 saturated heterocycles. The Balaban J connectivity index is 2.01. The van der Waals surface area contributed by atoms with Gasteiger partial charge in [0.05, 0.1) is 10.6 Å². The molecule has 0 heterocycles. The summed E-state index contributed by atoms with van der Waals surface area (Å²) in [6.07, 6.45) is 0.724. The van der Waals surface area contributed by atoms with Crippen LogP contribution in [0.2, 0.25) is 0 Å². The van der Waals surface area contributed by atoms with Gasteiger partial charge in [-0.1, -0.05) is 54.4 Å². The lowest BCUT2D eigenvalue weighted by Crippen LogP contribution is -2.52. The number of rotatable bonds is 11. The first-order valence-corrected chi connectivity index (χ1v) is 14.4. The van der Waals surface area contributed by atoms with Crippen molar-refractivity contribution in [1.82, 2.24) is 10.2 Å². The molecule has 7 nitrogen and oxygen atoms in total. The number of carbonyl (C=O) groups excluding carboxylic acids is 2. The molecule has 39 heavy (non-hydrogen) atoms. The number of nitrogens with zero attached hydrogens (tertiary/aromatic N) is 2. The van der Waals surface area contributed by atoms with Crippen LogP contribution in [0.15, 0.2) is 77.7 Å². The molecule has 9 heteroatoms. The van der Waals surface area contributed by atoms with Crippen molar-refractivity contribution in [3.63, 3.8) is 0 Å². The molecular formula is C30H36FN3O4S. The first kappa shape index (κ1) is 29.8. The van der Waals surface area contributed by atoms with Crippen LogP contribution in [-0.4, -0.2) is 43.8 Å². The van der Waals surface area contributed by atoms with Crippen molar-refractivity contribution < 1.29 is 22.4 Å². The molecule has 0 saturated carbocycles. The summed E-state index contributed by atoms with van der Waals surface area (Å²) in [5.41, 5.74) is 3.06. The molecule has 1 N–H and O–H groups in total. The average molecular weight is 554 g/mol. The van der Waals surface area contributed by atoms with Crippen molar-refractivity contribution in [2.75, 3.05) is 10.8 Å². The van der Waals surface area contributed by atoms with Crippen LogP contribution in [0.4, 0.5) is 10.1 Å². The van der Waals surface area contributed by atoms with Gasteiger partial charge in [0.15, 0.2) is 0 Å². The Kier molecular flexibility index (Phi) is 9.86. The Hall–Kier alpha value is -3.72. The maximum absolute atomic E-state index is 13.9. The predicted molar refractivity (Wildman–Crippen MR) is 151 cm³/mol. The summed E-state index contributed by atoms with van der Waals surface area (Å²) in [5.74, 6) is -1.45. The number of benzene rings is 3. The minimum Gasteiger partial charge on any atom is -0.352 e. The third-order valence-corrected chi connectivity index (χ3v) is 8.43. The molecule has 2 atom stereocenters. The van der Waals surface area contributed by atoms with Crippen LogP contribution in [0.25, 0.3) is 0 Å². The van der Waals surface area contributed by atoms with Gasteiger partial charge in [0.1, 0.15) is 18.4 Å². The number of carbonyl (C=O) groups is 2. The number of hydrogen-bond acceptors (Lipinski definition) is 4. The number of halogens is 1. The van der Waals surface area contributed by atoms with E-state index in [0.29, 0.717) is 0 Å². The van der Waals surface area contributed by atoms with Gasteiger partial charge in [-0.3, -0.25) is 13.9 Å². The van der Waals surface area contributed by atoms with Crippen molar-refractivity contribution in [3.05, 3.63) is 95.3 Å². The van der Waals surface area contributed by atoms with E-state index in [1.807, 2.05) is 52.0 Å². The van der Waals surface area contributed by atoms with Crippen molar-refractivity contribution in [1.29, 1.82) is 0 Å². The molecule has 0 aliphatic carbocycles. The number of sulfonamides is 1. The molecule has 0 fully saturated rings. The van der Waals surface area contributed by atoms with Gasteiger partial charge in [-0.2, -0.15) is 0 Å². The van der Waals surface area contributed by atoms with E-state index in [1.165, 1.54) is 17.0 Å². The van der Waals surface area contributed by atoms with E-state index in [9.17, 15) is 22.4 Å². The van der Waals surface area contributed by atoms with Crippen LogP contribution < -0.4 is 9.62 Å². The van der Waals surface area contributed by atoms with Crippen molar-refractivity contribution in [3.8, 4) is 0 Å². The summed E-state index contributed by atoms with van der Waals surface area (Å²) in [6.45, 7) is 8.86. The summed E-state index contributed by atoms with van der Waals surface area (Å²) in [6, 6.07) is 17.8. The van der Waals surface area contributed by atoms with E-state index in [4.69, 9.17) is 0 Å². The van der Waals surface area contributed by atoms with E-state index in [2.05, 4.69) is 5.32 Å². The fraction of sp³-hybridized carbons (Fsp3) is 0.333. The third kappa shape index (κ3) is 7.66. The van der Waals surface area contributed by atoms with Gasteiger partial charge in [-0.25, -0.2) is 12.8 Å². The molecule has 2 amide bonds. The lowest BCUT2D eigenvalue weighted by Gasteiger charge is -2.32. The summed E-state index contributed by atoms with van der Waals surface area (Å²) in [7, 11) is -4.24. The molecule has 3 rings (SSSR count). The van der Waals surface area contributed by atoms with Crippen LogP contribution >= 0.6 is 0 Å². The molecule has 3 aromatic carbocycles. The molecule has 208 valence electrons. The van der Waals surface area contributed by atoms with Crippen molar-refractivity contribution in [2.24, 2.45) is 0 Å². The van der Waals surface area contributed by atoms with Crippen LogP contribution in [0, 0.1) is 19.7 Å². The Bertz CT molecular complexity index is 1380. The Labute approximate surface area is 230 Å². The average Bonchev–Trinajstić information content (AvgIpc) is 2.91.